The number of amides is 2. The number of anilines is 1. The van der Waals surface area contributed by atoms with E-state index in [-0.39, 0.29) is 11.8 Å². The van der Waals surface area contributed by atoms with Gasteiger partial charge in [0.2, 0.25) is 0 Å². The molecule has 0 bridgehead atoms. The highest BCUT2D eigenvalue weighted by atomic mass is 16.2. The number of carbonyl (C=O) groups excluding carboxylic acids is 1. The lowest BCUT2D eigenvalue weighted by molar-refractivity contribution is 0.204. The van der Waals surface area contributed by atoms with Crippen LogP contribution in [0, 0.1) is 0 Å². The molecule has 2 aliphatic heterocycles. The number of likely N-dealkylation sites (tertiary alicyclic amines) is 1. The lowest BCUT2D eigenvalue weighted by atomic mass is 10.00. The Kier molecular flexibility index (Phi) is 7.74. The molecule has 2 amide bonds. The second-order valence-corrected chi connectivity index (χ2v) is 9.12. The third-order valence-corrected chi connectivity index (χ3v) is 6.58. The second-order valence-electron chi connectivity index (χ2n) is 9.12. The first-order chi connectivity index (χ1) is 16.0. The summed E-state index contributed by atoms with van der Waals surface area (Å²) in [6.45, 7) is 8.22. The van der Waals surface area contributed by atoms with E-state index in [1.54, 1.807) is 17.2 Å². The Morgan fingerprint density at radius 1 is 1.15 bits per heavy atom. The summed E-state index contributed by atoms with van der Waals surface area (Å²) in [6, 6.07) is 9.82. The van der Waals surface area contributed by atoms with Crippen molar-refractivity contribution in [3.63, 3.8) is 0 Å². The molecule has 4 N–H and O–H groups in total. The zero-order valence-corrected chi connectivity index (χ0v) is 19.4. The second kappa shape index (κ2) is 10.9. The molecule has 4 rings (SSSR count). The van der Waals surface area contributed by atoms with Crippen molar-refractivity contribution in [2.45, 2.75) is 38.1 Å². The molecule has 2 fully saturated rings. The number of nitrogens with zero attached hydrogens (tertiary/aromatic N) is 4. The minimum atomic E-state index is -0.421. The third kappa shape index (κ3) is 6.19. The first-order valence-corrected chi connectivity index (χ1v) is 11.9. The molecule has 0 aliphatic carbocycles. The zero-order valence-electron chi connectivity index (χ0n) is 19.4. The van der Waals surface area contributed by atoms with Gasteiger partial charge in [-0.25, -0.2) is 9.59 Å². The number of benzene rings is 1. The largest absolute Gasteiger partial charge is 0.354 e. The van der Waals surface area contributed by atoms with Gasteiger partial charge in [0.1, 0.15) is 5.82 Å². The molecule has 2 aromatic rings. The first-order valence-electron chi connectivity index (χ1n) is 11.9. The number of hydrogen-bond donors (Lipinski definition) is 3. The summed E-state index contributed by atoms with van der Waals surface area (Å²) in [4.78, 5) is 33.2. The maximum absolute atomic E-state index is 12.6. The average Bonchev–Trinajstić information content (AvgIpc) is 3.03. The molecule has 0 radical (unpaired) electrons. The predicted octanol–water partition coefficient (Wildman–Crippen LogP) is 1.59. The minimum absolute atomic E-state index is 0.231. The van der Waals surface area contributed by atoms with Crippen LogP contribution in [0.2, 0.25) is 0 Å². The molecule has 9 heteroatoms. The van der Waals surface area contributed by atoms with Crippen LogP contribution in [0.4, 0.5) is 10.6 Å². The number of nitrogens with one attached hydrogen (secondary N) is 2. The van der Waals surface area contributed by atoms with Gasteiger partial charge in [-0.2, -0.15) is 4.98 Å². The van der Waals surface area contributed by atoms with E-state index in [1.165, 1.54) is 10.1 Å². The molecule has 1 aromatic carbocycles. The molecule has 1 unspecified atom stereocenters. The first kappa shape index (κ1) is 23.4. The van der Waals surface area contributed by atoms with Crippen molar-refractivity contribution in [1.82, 2.24) is 24.7 Å². The molecule has 178 valence electrons. The summed E-state index contributed by atoms with van der Waals surface area (Å²) in [5, 5.41) is 5.93. The van der Waals surface area contributed by atoms with E-state index in [1.807, 2.05) is 12.1 Å². The molecule has 2 aliphatic rings. The highest BCUT2D eigenvalue weighted by molar-refractivity contribution is 5.88. The normalized spacial score (nSPS) is 20.8. The summed E-state index contributed by atoms with van der Waals surface area (Å²) < 4.78 is 1.49. The Labute approximate surface area is 195 Å². The number of carbonyl (C=O) groups is 1. The van der Waals surface area contributed by atoms with Gasteiger partial charge < -0.3 is 20.9 Å². The van der Waals surface area contributed by atoms with Gasteiger partial charge in [0.25, 0.3) is 0 Å². The monoisotopic (exact) mass is 453 g/mol. The zero-order chi connectivity index (χ0) is 23.2. The summed E-state index contributed by atoms with van der Waals surface area (Å²) >= 11 is 0. The van der Waals surface area contributed by atoms with Crippen molar-refractivity contribution < 1.29 is 4.79 Å². The fourth-order valence-corrected chi connectivity index (χ4v) is 4.55. The van der Waals surface area contributed by atoms with Crippen molar-refractivity contribution >= 4 is 11.8 Å². The number of nitrogens with two attached hydrogens (primary N) is 1. The summed E-state index contributed by atoms with van der Waals surface area (Å²) in [5.74, 6) is 0.660. The van der Waals surface area contributed by atoms with Crippen molar-refractivity contribution in [2.24, 2.45) is 5.73 Å². The highest BCUT2D eigenvalue weighted by Crippen LogP contribution is 2.20. The summed E-state index contributed by atoms with van der Waals surface area (Å²) in [5.41, 5.74) is 7.68. The SMILES string of the molecule is CC(CN1CCC[C@H](N)CC1)c1ccc(-n2ccc(NC(=O)N3CCNCC3)nc2=O)cc1. The Morgan fingerprint density at radius 2 is 1.91 bits per heavy atom. The van der Waals surface area contributed by atoms with Crippen LogP contribution in [0.25, 0.3) is 5.69 Å². The molecular weight excluding hydrogens is 418 g/mol. The van der Waals surface area contributed by atoms with Crippen LogP contribution in [0.3, 0.4) is 0 Å². The predicted molar refractivity (Wildman–Crippen MR) is 130 cm³/mol. The van der Waals surface area contributed by atoms with Gasteiger partial charge in [0.05, 0.1) is 5.69 Å². The molecule has 0 saturated carbocycles. The van der Waals surface area contributed by atoms with Crippen molar-refractivity contribution in [2.75, 3.05) is 51.1 Å². The van der Waals surface area contributed by atoms with E-state index in [2.05, 4.69) is 39.6 Å². The van der Waals surface area contributed by atoms with Crippen LogP contribution < -0.4 is 22.1 Å². The van der Waals surface area contributed by atoms with Crippen LogP contribution in [0.15, 0.2) is 41.3 Å². The standard InChI is InChI=1S/C24H35N7O2/c1-18(17-29-12-2-3-20(25)8-13-29)19-4-6-21(7-5-19)31-14-9-22(28-24(31)33)27-23(32)30-15-10-26-11-16-30/h4-7,9,14,18,20,26H,2-3,8,10-13,15-17,25H2,1H3,(H,27,28,32,33)/t18?,20-/m0/s1. The van der Waals surface area contributed by atoms with Crippen molar-refractivity contribution in [3.8, 4) is 5.69 Å². The van der Waals surface area contributed by atoms with Crippen LogP contribution in [0.5, 0.6) is 0 Å². The Balaban J connectivity index is 1.37. The van der Waals surface area contributed by atoms with E-state index in [9.17, 15) is 9.59 Å². The highest BCUT2D eigenvalue weighted by Gasteiger charge is 2.18. The molecule has 1 aromatic heterocycles. The number of aromatic nitrogens is 2. The molecule has 0 spiro atoms. The molecule has 2 atom stereocenters. The Bertz CT molecular complexity index is 985. The van der Waals surface area contributed by atoms with Crippen LogP contribution in [-0.4, -0.2) is 77.2 Å². The van der Waals surface area contributed by atoms with Crippen LogP contribution >= 0.6 is 0 Å². The van der Waals surface area contributed by atoms with E-state index in [4.69, 9.17) is 5.73 Å². The number of urea groups is 1. The molecule has 3 heterocycles. The van der Waals surface area contributed by atoms with Gasteiger partial charge in [0.15, 0.2) is 0 Å². The van der Waals surface area contributed by atoms with Gasteiger partial charge in [0, 0.05) is 45.0 Å². The van der Waals surface area contributed by atoms with Gasteiger partial charge in [-0.3, -0.25) is 9.88 Å². The molecule has 33 heavy (non-hydrogen) atoms. The molecule has 9 nitrogen and oxygen atoms in total. The number of piperazine rings is 1. The van der Waals surface area contributed by atoms with E-state index < -0.39 is 5.69 Å². The lowest BCUT2D eigenvalue weighted by Crippen LogP contribution is -2.48. The van der Waals surface area contributed by atoms with E-state index in [0.29, 0.717) is 25.0 Å². The van der Waals surface area contributed by atoms with Gasteiger partial charge in [-0.15, -0.1) is 0 Å². The summed E-state index contributed by atoms with van der Waals surface area (Å²) in [7, 11) is 0. The van der Waals surface area contributed by atoms with Crippen LogP contribution in [0.1, 0.15) is 37.7 Å². The van der Waals surface area contributed by atoms with Crippen LogP contribution in [-0.2, 0) is 0 Å². The van der Waals surface area contributed by atoms with Gasteiger partial charge >= 0.3 is 11.7 Å². The van der Waals surface area contributed by atoms with E-state index >= 15 is 0 Å². The number of hydrogen-bond acceptors (Lipinski definition) is 6. The minimum Gasteiger partial charge on any atom is -0.328 e. The smallest absolute Gasteiger partial charge is 0.328 e. The maximum Gasteiger partial charge on any atom is 0.354 e. The van der Waals surface area contributed by atoms with Gasteiger partial charge in [-0.05, 0) is 62.0 Å². The fraction of sp³-hybridized carbons (Fsp3) is 0.542. The average molecular weight is 454 g/mol. The van der Waals surface area contributed by atoms with Gasteiger partial charge in [-0.1, -0.05) is 19.1 Å². The van der Waals surface area contributed by atoms with E-state index in [0.717, 1.165) is 57.7 Å². The maximum atomic E-state index is 12.6. The number of rotatable bonds is 5. The topological polar surface area (TPSA) is 109 Å². The van der Waals surface area contributed by atoms with Crippen molar-refractivity contribution in [3.05, 3.63) is 52.6 Å². The molecular formula is C24H35N7O2. The lowest BCUT2D eigenvalue weighted by Gasteiger charge is -2.27. The quantitative estimate of drug-likeness (QED) is 0.634. The van der Waals surface area contributed by atoms with Crippen molar-refractivity contribution in [1.29, 1.82) is 0 Å². The third-order valence-electron chi connectivity index (χ3n) is 6.58. The Hall–Kier alpha value is -2.75. The fourth-order valence-electron chi connectivity index (χ4n) is 4.55. The Morgan fingerprint density at radius 3 is 2.64 bits per heavy atom. The molecule has 2 saturated heterocycles. The summed E-state index contributed by atoms with van der Waals surface area (Å²) in [6.07, 6.45) is 4.99.